The second-order valence-electron chi connectivity index (χ2n) is 12.8. The Morgan fingerprint density at radius 2 is 1.89 bits per heavy atom. The summed E-state index contributed by atoms with van der Waals surface area (Å²) in [6, 6.07) is 22.4. The van der Waals surface area contributed by atoms with Crippen molar-refractivity contribution >= 4 is 27.9 Å². The van der Waals surface area contributed by atoms with Gasteiger partial charge in [0, 0.05) is 31.3 Å². The molecule has 0 amide bonds. The first-order valence-corrected chi connectivity index (χ1v) is 15.4. The van der Waals surface area contributed by atoms with Gasteiger partial charge in [-0.3, -0.25) is 9.88 Å². The average Bonchev–Trinajstić information content (AvgIpc) is 3.32. The van der Waals surface area contributed by atoms with E-state index in [0.29, 0.717) is 18.7 Å². The zero-order chi connectivity index (χ0) is 30.3. The first-order chi connectivity index (χ1) is 21.3. The minimum atomic E-state index is -0.555. The summed E-state index contributed by atoms with van der Waals surface area (Å²) in [6.07, 6.45) is 3.98. The Kier molecular flexibility index (Phi) is 7.56. The highest BCUT2D eigenvalue weighted by atomic mass is 16.6. The van der Waals surface area contributed by atoms with Crippen molar-refractivity contribution in [2.45, 2.75) is 71.6 Å². The number of imidazole rings is 1. The fourth-order valence-electron chi connectivity index (χ4n) is 5.99. The van der Waals surface area contributed by atoms with Crippen LogP contribution in [-0.2, 0) is 42.1 Å². The maximum atomic E-state index is 12.9. The minimum absolute atomic E-state index is 0.164. The molecule has 3 aromatic carbocycles. The quantitative estimate of drug-likeness (QED) is 0.192. The molecule has 0 unspecified atom stereocenters. The molecule has 8 nitrogen and oxygen atoms in total. The van der Waals surface area contributed by atoms with Gasteiger partial charge in [0.15, 0.2) is 0 Å². The number of aromatic nitrogens is 3. The van der Waals surface area contributed by atoms with E-state index in [4.69, 9.17) is 19.2 Å². The van der Waals surface area contributed by atoms with E-state index in [0.717, 1.165) is 78.2 Å². The Balaban J connectivity index is 1.08. The zero-order valence-electron chi connectivity index (χ0n) is 25.6. The van der Waals surface area contributed by atoms with E-state index in [1.54, 1.807) is 0 Å². The van der Waals surface area contributed by atoms with Crippen molar-refractivity contribution in [3.8, 4) is 5.75 Å². The molecule has 0 bridgehead atoms. The predicted octanol–water partition coefficient (Wildman–Crippen LogP) is 6.47. The standard InChI is InChI=1S/C36H38N4O4/c1-36(2,3)44-35(41)27-8-11-32-33(19-27)40(21-30-13-16-42-30)34(38-32)22-39-15-12-25-7-9-29(18-28(25)20-39)43-23-24-6-10-31-26(17-24)5-4-14-37-31/h4-11,14,17-19,30H,12-13,15-16,20-23H2,1-3H3/t30-/m0/s1. The van der Waals surface area contributed by atoms with Crippen LogP contribution in [0.15, 0.2) is 72.9 Å². The molecular weight excluding hydrogens is 552 g/mol. The van der Waals surface area contributed by atoms with E-state index in [9.17, 15) is 4.79 Å². The number of esters is 1. The summed E-state index contributed by atoms with van der Waals surface area (Å²) < 4.78 is 19.9. The lowest BCUT2D eigenvalue weighted by Crippen LogP contribution is -2.34. The molecule has 7 rings (SSSR count). The molecule has 2 aliphatic rings. The smallest absolute Gasteiger partial charge is 0.338 e. The third-order valence-electron chi connectivity index (χ3n) is 8.35. The van der Waals surface area contributed by atoms with Gasteiger partial charge in [-0.05, 0) is 98.8 Å². The fourth-order valence-corrected chi connectivity index (χ4v) is 5.99. The highest BCUT2D eigenvalue weighted by Crippen LogP contribution is 2.28. The summed E-state index contributed by atoms with van der Waals surface area (Å²) >= 11 is 0. The van der Waals surface area contributed by atoms with Crippen molar-refractivity contribution in [3.05, 3.63) is 101 Å². The van der Waals surface area contributed by atoms with Gasteiger partial charge in [0.1, 0.15) is 23.8 Å². The van der Waals surface area contributed by atoms with Crippen molar-refractivity contribution in [1.82, 2.24) is 19.4 Å². The van der Waals surface area contributed by atoms with Crippen LogP contribution in [0.2, 0.25) is 0 Å². The Morgan fingerprint density at radius 3 is 2.70 bits per heavy atom. The van der Waals surface area contributed by atoms with Crippen molar-refractivity contribution in [2.75, 3.05) is 13.2 Å². The van der Waals surface area contributed by atoms with Crippen LogP contribution in [-0.4, -0.2) is 50.3 Å². The molecule has 226 valence electrons. The van der Waals surface area contributed by atoms with Gasteiger partial charge < -0.3 is 18.8 Å². The average molecular weight is 591 g/mol. The van der Waals surface area contributed by atoms with E-state index in [-0.39, 0.29) is 12.1 Å². The maximum Gasteiger partial charge on any atom is 0.338 e. The predicted molar refractivity (Wildman–Crippen MR) is 170 cm³/mol. The largest absolute Gasteiger partial charge is 0.489 e. The van der Waals surface area contributed by atoms with Gasteiger partial charge in [-0.25, -0.2) is 9.78 Å². The highest BCUT2D eigenvalue weighted by molar-refractivity contribution is 5.94. The van der Waals surface area contributed by atoms with Crippen molar-refractivity contribution in [1.29, 1.82) is 0 Å². The van der Waals surface area contributed by atoms with E-state index in [1.165, 1.54) is 11.1 Å². The Hall–Kier alpha value is -4.27. The zero-order valence-corrected chi connectivity index (χ0v) is 25.6. The van der Waals surface area contributed by atoms with Crippen molar-refractivity contribution in [2.24, 2.45) is 0 Å². The molecule has 8 heteroatoms. The molecule has 0 spiro atoms. The van der Waals surface area contributed by atoms with Crippen molar-refractivity contribution in [3.63, 3.8) is 0 Å². The van der Waals surface area contributed by atoms with Gasteiger partial charge in [-0.15, -0.1) is 0 Å². The van der Waals surface area contributed by atoms with Crippen LogP contribution >= 0.6 is 0 Å². The lowest BCUT2D eigenvalue weighted by atomic mass is 9.99. The molecule has 2 aliphatic heterocycles. The van der Waals surface area contributed by atoms with E-state index in [1.807, 2.05) is 57.3 Å². The normalized spacial score (nSPS) is 16.9. The Morgan fingerprint density at radius 1 is 1.02 bits per heavy atom. The summed E-state index contributed by atoms with van der Waals surface area (Å²) in [7, 11) is 0. The molecule has 4 heterocycles. The summed E-state index contributed by atoms with van der Waals surface area (Å²) in [5.41, 5.74) is 6.56. The first kappa shape index (κ1) is 28.5. The number of nitrogens with zero attached hydrogens (tertiary/aromatic N) is 4. The van der Waals surface area contributed by atoms with Gasteiger partial charge in [0.2, 0.25) is 0 Å². The molecule has 44 heavy (non-hydrogen) atoms. The van der Waals surface area contributed by atoms with Crippen LogP contribution in [0.5, 0.6) is 5.75 Å². The molecule has 0 aliphatic carbocycles. The molecule has 1 atom stereocenters. The SMILES string of the molecule is CC(C)(C)OC(=O)c1ccc2nc(CN3CCc4ccc(OCc5ccc6ncccc6c5)cc4C3)n(C[C@@H]3CCO3)c2c1. The number of hydrogen-bond donors (Lipinski definition) is 0. The molecule has 1 fully saturated rings. The number of carbonyl (C=O) groups is 1. The van der Waals surface area contributed by atoms with Crippen LogP contribution in [0.3, 0.4) is 0 Å². The van der Waals surface area contributed by atoms with Gasteiger partial charge in [-0.2, -0.15) is 0 Å². The van der Waals surface area contributed by atoms with Crippen LogP contribution < -0.4 is 4.74 Å². The van der Waals surface area contributed by atoms with Crippen molar-refractivity contribution < 1.29 is 19.0 Å². The molecular formula is C36H38N4O4. The number of pyridine rings is 1. The summed E-state index contributed by atoms with van der Waals surface area (Å²) in [6.45, 7) is 10.1. The molecule has 2 aromatic heterocycles. The second-order valence-corrected chi connectivity index (χ2v) is 12.8. The maximum absolute atomic E-state index is 12.9. The minimum Gasteiger partial charge on any atom is -0.489 e. The second kappa shape index (κ2) is 11.7. The molecule has 0 saturated carbocycles. The van der Waals surface area contributed by atoms with Gasteiger partial charge in [0.25, 0.3) is 0 Å². The number of benzene rings is 3. The summed E-state index contributed by atoms with van der Waals surface area (Å²) in [5, 5.41) is 1.12. The number of rotatable bonds is 8. The van der Waals surface area contributed by atoms with E-state index in [2.05, 4.69) is 50.8 Å². The van der Waals surface area contributed by atoms with Crippen LogP contribution in [0, 0.1) is 0 Å². The van der Waals surface area contributed by atoms with E-state index >= 15 is 0 Å². The molecule has 0 radical (unpaired) electrons. The fraction of sp³-hybridized carbons (Fsp3) is 0.361. The molecule has 0 N–H and O–H groups in total. The summed E-state index contributed by atoms with van der Waals surface area (Å²) in [5.74, 6) is 1.54. The highest BCUT2D eigenvalue weighted by Gasteiger charge is 2.25. The van der Waals surface area contributed by atoms with Gasteiger partial charge in [0.05, 0.1) is 41.3 Å². The molecule has 1 saturated heterocycles. The third kappa shape index (κ3) is 6.18. The van der Waals surface area contributed by atoms with Crippen LogP contribution in [0.1, 0.15) is 60.1 Å². The lowest BCUT2D eigenvalue weighted by molar-refractivity contribution is -0.0592. The summed E-state index contributed by atoms with van der Waals surface area (Å²) in [4.78, 5) is 24.7. The Bertz CT molecular complexity index is 1840. The first-order valence-electron chi connectivity index (χ1n) is 15.4. The molecule has 5 aromatic rings. The van der Waals surface area contributed by atoms with Crippen LogP contribution in [0.25, 0.3) is 21.9 Å². The van der Waals surface area contributed by atoms with Gasteiger partial charge in [-0.1, -0.05) is 18.2 Å². The lowest BCUT2D eigenvalue weighted by Gasteiger charge is -2.30. The Labute approximate surface area is 257 Å². The monoisotopic (exact) mass is 590 g/mol. The number of hydrogen-bond acceptors (Lipinski definition) is 7. The van der Waals surface area contributed by atoms with Gasteiger partial charge >= 0.3 is 5.97 Å². The topological polar surface area (TPSA) is 78.7 Å². The number of fused-ring (bicyclic) bond motifs is 3. The van der Waals surface area contributed by atoms with Crippen LogP contribution in [0.4, 0.5) is 0 Å². The number of ether oxygens (including phenoxy) is 3. The third-order valence-corrected chi connectivity index (χ3v) is 8.35. The number of carbonyl (C=O) groups excluding carboxylic acids is 1. The van der Waals surface area contributed by atoms with E-state index < -0.39 is 5.60 Å².